The fraction of sp³-hybridized carbons (Fsp3) is 0.967. The highest BCUT2D eigenvalue weighted by Gasteiger charge is 2.28. The summed E-state index contributed by atoms with van der Waals surface area (Å²) >= 11 is 0. The lowest BCUT2D eigenvalue weighted by Crippen LogP contribution is -2.32. The van der Waals surface area contributed by atoms with E-state index in [1.165, 1.54) is 129 Å². The number of aliphatic hydroxyl groups is 1. The van der Waals surface area contributed by atoms with Crippen LogP contribution in [-0.2, 0) is 9.53 Å². The van der Waals surface area contributed by atoms with Crippen molar-refractivity contribution >= 4 is 5.97 Å². The van der Waals surface area contributed by atoms with E-state index >= 15 is 0 Å². The largest absolute Gasteiger partial charge is 0.469 e. The first kappa shape index (κ1) is 32.4. The van der Waals surface area contributed by atoms with Gasteiger partial charge in [0.1, 0.15) is 0 Å². The number of esters is 1. The zero-order valence-corrected chi connectivity index (χ0v) is 23.2. The molecular formula is C30H60O3. The van der Waals surface area contributed by atoms with E-state index in [1.54, 1.807) is 6.92 Å². The quantitative estimate of drug-likeness (QED) is 0.113. The van der Waals surface area contributed by atoms with Crippen LogP contribution in [0.25, 0.3) is 0 Å². The molecule has 3 nitrogen and oxygen atoms in total. The average molecular weight is 469 g/mol. The molecule has 0 spiro atoms. The number of hydrogen-bond donors (Lipinski definition) is 1. The molecule has 0 aliphatic rings. The van der Waals surface area contributed by atoms with Gasteiger partial charge in [0.25, 0.3) is 0 Å². The molecule has 0 rings (SSSR count). The molecule has 0 saturated carbocycles. The molecule has 198 valence electrons. The van der Waals surface area contributed by atoms with Crippen LogP contribution >= 0.6 is 0 Å². The molecule has 0 heterocycles. The van der Waals surface area contributed by atoms with Gasteiger partial charge in [-0.1, -0.05) is 143 Å². The van der Waals surface area contributed by atoms with Gasteiger partial charge in [0.15, 0.2) is 0 Å². The third-order valence-corrected chi connectivity index (χ3v) is 7.49. The maximum atomic E-state index is 11.6. The Kier molecular flexibility index (Phi) is 22.8. The summed E-state index contributed by atoms with van der Waals surface area (Å²) in [5.74, 6) is -0.0296. The second-order valence-corrected chi connectivity index (χ2v) is 10.9. The van der Waals surface area contributed by atoms with E-state index < -0.39 is 12.0 Å². The van der Waals surface area contributed by atoms with Crippen molar-refractivity contribution < 1.29 is 14.6 Å². The van der Waals surface area contributed by atoms with Crippen LogP contribution in [0.1, 0.15) is 156 Å². The van der Waals surface area contributed by atoms with Crippen LogP contribution in [0.3, 0.4) is 0 Å². The molecular weight excluding hydrogens is 408 g/mol. The molecule has 0 radical (unpaired) electrons. The van der Waals surface area contributed by atoms with Crippen molar-refractivity contribution in [3.05, 3.63) is 0 Å². The lowest BCUT2D eigenvalue weighted by molar-refractivity contribution is -0.150. The van der Waals surface area contributed by atoms with E-state index in [2.05, 4.69) is 20.8 Å². The lowest BCUT2D eigenvalue weighted by Gasteiger charge is -2.25. The van der Waals surface area contributed by atoms with Crippen LogP contribution in [0.15, 0.2) is 0 Å². The van der Waals surface area contributed by atoms with Crippen LogP contribution in [0.2, 0.25) is 0 Å². The van der Waals surface area contributed by atoms with E-state index in [0.29, 0.717) is 5.92 Å². The number of hydrogen-bond acceptors (Lipinski definition) is 3. The highest BCUT2D eigenvalue weighted by molar-refractivity contribution is 5.72. The smallest absolute Gasteiger partial charge is 0.311 e. The van der Waals surface area contributed by atoms with Crippen molar-refractivity contribution in [3.8, 4) is 0 Å². The Hall–Kier alpha value is -0.570. The Bertz CT molecular complexity index is 423. The van der Waals surface area contributed by atoms with Crippen LogP contribution in [0.4, 0.5) is 0 Å². The van der Waals surface area contributed by atoms with Crippen LogP contribution < -0.4 is 0 Å². The zero-order valence-electron chi connectivity index (χ0n) is 23.2. The molecule has 3 heteroatoms. The number of unbranched alkanes of at least 4 members (excludes halogenated alkanes) is 17. The minimum atomic E-state index is -0.611. The summed E-state index contributed by atoms with van der Waals surface area (Å²) in [5.41, 5.74) is 0. The van der Waals surface area contributed by atoms with Gasteiger partial charge in [0, 0.05) is 0 Å². The number of carbonyl (C=O) groups excluding carboxylic acids is 1. The van der Waals surface area contributed by atoms with E-state index in [4.69, 9.17) is 4.74 Å². The molecule has 4 atom stereocenters. The molecule has 0 aliphatic heterocycles. The van der Waals surface area contributed by atoms with Crippen molar-refractivity contribution in [1.29, 1.82) is 0 Å². The van der Waals surface area contributed by atoms with Gasteiger partial charge in [-0.15, -0.1) is 0 Å². The Morgan fingerprint density at radius 3 is 1.39 bits per heavy atom. The fourth-order valence-electron chi connectivity index (χ4n) is 5.10. The molecule has 0 fully saturated rings. The summed E-state index contributed by atoms with van der Waals surface area (Å²) in [7, 11) is 1.39. The van der Waals surface area contributed by atoms with Gasteiger partial charge < -0.3 is 9.84 Å². The Balaban J connectivity index is 3.41. The highest BCUT2D eigenvalue weighted by Crippen LogP contribution is 2.24. The summed E-state index contributed by atoms with van der Waals surface area (Å²) < 4.78 is 4.76. The van der Waals surface area contributed by atoms with Gasteiger partial charge in [-0.3, -0.25) is 4.79 Å². The standard InChI is InChI=1S/C30H60O3/c1-6-7-8-9-10-11-12-13-14-15-16-17-18-19-20-21-22-23-24-26(2)25-27(3)29(31)28(4)30(32)33-5/h26-29,31H,6-25H2,1-5H3. The van der Waals surface area contributed by atoms with E-state index in [0.717, 1.165) is 6.42 Å². The predicted molar refractivity (Wildman–Crippen MR) is 144 cm³/mol. The van der Waals surface area contributed by atoms with Gasteiger partial charge >= 0.3 is 5.97 Å². The number of methoxy groups -OCH3 is 1. The maximum Gasteiger partial charge on any atom is 0.311 e. The Morgan fingerprint density at radius 2 is 1.03 bits per heavy atom. The first-order valence-electron chi connectivity index (χ1n) is 14.7. The van der Waals surface area contributed by atoms with E-state index in [-0.39, 0.29) is 11.9 Å². The third-order valence-electron chi connectivity index (χ3n) is 7.49. The molecule has 0 aromatic heterocycles. The van der Waals surface area contributed by atoms with Crippen LogP contribution in [0.5, 0.6) is 0 Å². The topological polar surface area (TPSA) is 46.5 Å². The number of carbonyl (C=O) groups is 1. The minimum Gasteiger partial charge on any atom is -0.469 e. The lowest BCUT2D eigenvalue weighted by atomic mass is 9.85. The van der Waals surface area contributed by atoms with Crippen molar-refractivity contribution in [2.45, 2.75) is 162 Å². The van der Waals surface area contributed by atoms with Gasteiger partial charge in [-0.2, -0.15) is 0 Å². The third kappa shape index (κ3) is 19.4. The zero-order chi connectivity index (χ0) is 24.7. The predicted octanol–water partition coefficient (Wildman–Crippen LogP) is 9.25. The summed E-state index contributed by atoms with van der Waals surface area (Å²) in [6, 6.07) is 0. The molecule has 0 saturated heterocycles. The molecule has 33 heavy (non-hydrogen) atoms. The van der Waals surface area contributed by atoms with Crippen molar-refractivity contribution in [3.63, 3.8) is 0 Å². The molecule has 4 unspecified atom stereocenters. The number of rotatable bonds is 24. The minimum absolute atomic E-state index is 0.129. The van der Waals surface area contributed by atoms with Gasteiger partial charge in [0.2, 0.25) is 0 Å². The number of aliphatic hydroxyl groups excluding tert-OH is 1. The molecule has 0 aliphatic carbocycles. The monoisotopic (exact) mass is 468 g/mol. The van der Waals surface area contributed by atoms with Crippen molar-refractivity contribution in [1.82, 2.24) is 0 Å². The molecule has 0 amide bonds. The van der Waals surface area contributed by atoms with E-state index in [1.807, 2.05) is 0 Å². The summed E-state index contributed by atoms with van der Waals surface area (Å²) in [4.78, 5) is 11.6. The first-order chi connectivity index (χ1) is 15.9. The average Bonchev–Trinajstić information content (AvgIpc) is 2.81. The van der Waals surface area contributed by atoms with Crippen LogP contribution in [0, 0.1) is 17.8 Å². The normalized spacial score (nSPS) is 15.2. The maximum absolute atomic E-state index is 11.6. The highest BCUT2D eigenvalue weighted by atomic mass is 16.5. The van der Waals surface area contributed by atoms with Gasteiger partial charge in [-0.05, 0) is 25.2 Å². The SMILES string of the molecule is CCCCCCCCCCCCCCCCCCCCC(C)CC(C)C(O)C(C)C(=O)OC. The molecule has 0 bridgehead atoms. The fourth-order valence-corrected chi connectivity index (χ4v) is 5.10. The first-order valence-corrected chi connectivity index (χ1v) is 14.7. The molecule has 0 aromatic carbocycles. The van der Waals surface area contributed by atoms with Crippen molar-refractivity contribution in [2.75, 3.05) is 7.11 Å². The summed E-state index contributed by atoms with van der Waals surface area (Å²) in [5, 5.41) is 10.4. The second-order valence-electron chi connectivity index (χ2n) is 10.9. The Labute approximate surface area is 207 Å². The number of ether oxygens (including phenoxy) is 1. The van der Waals surface area contributed by atoms with Gasteiger partial charge in [-0.25, -0.2) is 0 Å². The molecule has 0 aromatic rings. The molecule has 1 N–H and O–H groups in total. The van der Waals surface area contributed by atoms with Gasteiger partial charge in [0.05, 0.1) is 19.1 Å². The van der Waals surface area contributed by atoms with E-state index in [9.17, 15) is 9.90 Å². The second kappa shape index (κ2) is 23.2. The van der Waals surface area contributed by atoms with Crippen molar-refractivity contribution in [2.24, 2.45) is 17.8 Å². The summed E-state index contributed by atoms with van der Waals surface area (Å²) in [6.07, 6.45) is 27.0. The Morgan fingerprint density at radius 1 is 0.667 bits per heavy atom. The summed E-state index contributed by atoms with van der Waals surface area (Å²) in [6.45, 7) is 8.38. The van der Waals surface area contributed by atoms with Crippen LogP contribution in [-0.4, -0.2) is 24.3 Å².